The quantitative estimate of drug-likeness (QED) is 0.781. The van der Waals surface area contributed by atoms with Crippen molar-refractivity contribution in [2.24, 2.45) is 5.73 Å². The molecule has 1 aromatic rings. The Bertz CT molecular complexity index is 348. The minimum Gasteiger partial charge on any atom is -0.388 e. The number of nitrogens with two attached hydrogens (primary N) is 1. The molecule has 0 heterocycles. The van der Waals surface area contributed by atoms with Crippen LogP contribution in [0.3, 0.4) is 0 Å². The second-order valence-corrected chi connectivity index (χ2v) is 3.96. The van der Waals surface area contributed by atoms with E-state index in [9.17, 15) is 0 Å². The van der Waals surface area contributed by atoms with Crippen molar-refractivity contribution in [2.45, 2.75) is 6.54 Å². The molecular formula is C9H9ClN2S2. The molecule has 14 heavy (non-hydrogen) atoms. The molecule has 1 rings (SSSR count). The lowest BCUT2D eigenvalue weighted by Gasteiger charge is -2.05. The molecule has 0 bridgehead atoms. The molecule has 0 spiro atoms. The van der Waals surface area contributed by atoms with Gasteiger partial charge in [0.05, 0.1) is 0 Å². The Hall–Kier alpha value is -0.710. The number of hydrogen-bond acceptors (Lipinski definition) is 2. The van der Waals surface area contributed by atoms with Gasteiger partial charge in [-0.25, -0.2) is 0 Å². The monoisotopic (exact) mass is 244 g/mol. The van der Waals surface area contributed by atoms with Crippen LogP contribution in [0.25, 0.3) is 0 Å². The second-order valence-electron chi connectivity index (χ2n) is 2.67. The Balaban J connectivity index is 2.50. The van der Waals surface area contributed by atoms with Crippen LogP contribution in [0.4, 0.5) is 0 Å². The highest BCUT2D eigenvalue weighted by atomic mass is 35.5. The molecule has 0 fully saturated rings. The lowest BCUT2D eigenvalue weighted by molar-refractivity contribution is 0.936. The van der Waals surface area contributed by atoms with E-state index >= 15 is 0 Å². The largest absolute Gasteiger partial charge is 0.388 e. The molecule has 0 atom stereocenters. The van der Waals surface area contributed by atoms with E-state index in [0.29, 0.717) is 16.6 Å². The van der Waals surface area contributed by atoms with Gasteiger partial charge in [-0.15, -0.1) is 0 Å². The third kappa shape index (κ3) is 3.57. The highest BCUT2D eigenvalue weighted by Gasteiger charge is 1.98. The fourth-order valence-electron chi connectivity index (χ4n) is 0.872. The molecule has 0 amide bonds. The first-order chi connectivity index (χ1) is 6.59. The summed E-state index contributed by atoms with van der Waals surface area (Å²) >= 11 is 15.3. The standard InChI is InChI=1S/C9H9ClN2S2/c10-7-3-1-6(2-4-7)5-12-9(14)8(11)13/h1-4H,5H2,(H2,11,13)(H,12,14). The zero-order chi connectivity index (χ0) is 10.6. The Morgan fingerprint density at radius 3 is 2.36 bits per heavy atom. The van der Waals surface area contributed by atoms with E-state index < -0.39 is 0 Å². The first kappa shape index (κ1) is 11.4. The lowest BCUT2D eigenvalue weighted by atomic mass is 10.2. The Morgan fingerprint density at radius 2 is 1.86 bits per heavy atom. The summed E-state index contributed by atoms with van der Waals surface area (Å²) in [5, 5.41) is 3.65. The van der Waals surface area contributed by atoms with E-state index in [4.69, 9.17) is 41.8 Å². The molecule has 0 aromatic heterocycles. The molecule has 0 unspecified atom stereocenters. The number of halogens is 1. The van der Waals surface area contributed by atoms with Gasteiger partial charge in [0.15, 0.2) is 0 Å². The zero-order valence-corrected chi connectivity index (χ0v) is 9.68. The van der Waals surface area contributed by atoms with Crippen LogP contribution in [0.5, 0.6) is 0 Å². The van der Waals surface area contributed by atoms with Gasteiger partial charge in [0.25, 0.3) is 0 Å². The maximum absolute atomic E-state index is 5.74. The van der Waals surface area contributed by atoms with Crippen LogP contribution in [0.2, 0.25) is 5.02 Å². The molecule has 5 heteroatoms. The number of rotatable bonds is 2. The topological polar surface area (TPSA) is 38.0 Å². The smallest absolute Gasteiger partial charge is 0.134 e. The molecule has 0 aliphatic carbocycles. The number of benzene rings is 1. The highest BCUT2D eigenvalue weighted by molar-refractivity contribution is 7.89. The Kier molecular flexibility index (Phi) is 4.25. The zero-order valence-electron chi connectivity index (χ0n) is 7.29. The van der Waals surface area contributed by atoms with E-state index in [2.05, 4.69) is 5.32 Å². The fourth-order valence-corrected chi connectivity index (χ4v) is 1.14. The lowest BCUT2D eigenvalue weighted by Crippen LogP contribution is -2.32. The summed E-state index contributed by atoms with van der Waals surface area (Å²) in [5.74, 6) is 0. The maximum atomic E-state index is 5.74. The predicted molar refractivity (Wildman–Crippen MR) is 67.7 cm³/mol. The van der Waals surface area contributed by atoms with Gasteiger partial charge in [0, 0.05) is 11.6 Å². The maximum Gasteiger partial charge on any atom is 0.134 e. The van der Waals surface area contributed by atoms with Crippen LogP contribution in [0.15, 0.2) is 24.3 Å². The van der Waals surface area contributed by atoms with Gasteiger partial charge >= 0.3 is 0 Å². The first-order valence-electron chi connectivity index (χ1n) is 3.91. The van der Waals surface area contributed by atoms with E-state index in [1.807, 2.05) is 24.3 Å². The first-order valence-corrected chi connectivity index (χ1v) is 5.11. The van der Waals surface area contributed by atoms with E-state index in [0.717, 1.165) is 5.56 Å². The van der Waals surface area contributed by atoms with Crippen LogP contribution in [-0.2, 0) is 6.54 Å². The minimum absolute atomic E-state index is 0.217. The summed E-state index contributed by atoms with van der Waals surface area (Å²) in [7, 11) is 0. The van der Waals surface area contributed by atoms with Crippen molar-refractivity contribution in [1.82, 2.24) is 5.32 Å². The minimum atomic E-state index is 0.217. The number of hydrogen-bond donors (Lipinski definition) is 2. The predicted octanol–water partition coefficient (Wildman–Crippen LogP) is 2.04. The van der Waals surface area contributed by atoms with Crippen molar-refractivity contribution >= 4 is 46.0 Å². The van der Waals surface area contributed by atoms with E-state index in [-0.39, 0.29) is 4.99 Å². The molecule has 0 saturated heterocycles. The summed E-state index contributed by atoms with van der Waals surface area (Å²) in [4.78, 5) is 0.629. The Morgan fingerprint density at radius 1 is 1.29 bits per heavy atom. The summed E-state index contributed by atoms with van der Waals surface area (Å²) in [5.41, 5.74) is 6.41. The molecule has 0 aliphatic heterocycles. The van der Waals surface area contributed by atoms with Gasteiger partial charge in [0.2, 0.25) is 0 Å². The van der Waals surface area contributed by atoms with Crippen LogP contribution in [0, 0.1) is 0 Å². The van der Waals surface area contributed by atoms with Gasteiger partial charge < -0.3 is 11.1 Å². The molecule has 0 aliphatic rings. The van der Waals surface area contributed by atoms with E-state index in [1.165, 1.54) is 0 Å². The third-order valence-corrected chi connectivity index (χ3v) is 2.54. The van der Waals surface area contributed by atoms with Crippen molar-refractivity contribution in [1.29, 1.82) is 0 Å². The molecule has 1 aromatic carbocycles. The molecular weight excluding hydrogens is 236 g/mol. The summed E-state index contributed by atoms with van der Waals surface area (Å²) in [6.07, 6.45) is 0. The summed E-state index contributed by atoms with van der Waals surface area (Å²) in [6, 6.07) is 7.47. The Labute approximate surface area is 98.4 Å². The van der Waals surface area contributed by atoms with Gasteiger partial charge in [-0.1, -0.05) is 48.2 Å². The van der Waals surface area contributed by atoms with Crippen molar-refractivity contribution in [3.8, 4) is 0 Å². The van der Waals surface area contributed by atoms with Crippen LogP contribution < -0.4 is 11.1 Å². The fraction of sp³-hybridized carbons (Fsp3) is 0.111. The van der Waals surface area contributed by atoms with Gasteiger partial charge in [-0.3, -0.25) is 0 Å². The molecule has 0 saturated carbocycles. The molecule has 74 valence electrons. The summed E-state index contributed by atoms with van der Waals surface area (Å²) in [6.45, 7) is 0.605. The molecule has 3 N–H and O–H groups in total. The average Bonchev–Trinajstić information content (AvgIpc) is 2.16. The molecule has 2 nitrogen and oxygen atoms in total. The van der Waals surface area contributed by atoms with Gasteiger partial charge in [-0.2, -0.15) is 0 Å². The average molecular weight is 245 g/mol. The number of thiocarbonyl (C=S) groups is 2. The summed E-state index contributed by atoms with van der Waals surface area (Å²) < 4.78 is 0. The van der Waals surface area contributed by atoms with Gasteiger partial charge in [-0.05, 0) is 17.7 Å². The second kappa shape index (κ2) is 5.24. The van der Waals surface area contributed by atoms with Crippen LogP contribution in [-0.4, -0.2) is 9.98 Å². The highest BCUT2D eigenvalue weighted by Crippen LogP contribution is 2.08. The third-order valence-electron chi connectivity index (χ3n) is 1.59. The van der Waals surface area contributed by atoms with Crippen LogP contribution in [0.1, 0.15) is 5.56 Å². The van der Waals surface area contributed by atoms with Crippen LogP contribution >= 0.6 is 36.0 Å². The van der Waals surface area contributed by atoms with Crippen molar-refractivity contribution < 1.29 is 0 Å². The van der Waals surface area contributed by atoms with Gasteiger partial charge in [0.1, 0.15) is 9.98 Å². The number of nitrogens with one attached hydrogen (secondary N) is 1. The van der Waals surface area contributed by atoms with Crippen molar-refractivity contribution in [3.63, 3.8) is 0 Å². The van der Waals surface area contributed by atoms with Crippen molar-refractivity contribution in [3.05, 3.63) is 34.9 Å². The normalized spacial score (nSPS) is 9.50. The molecule has 0 radical (unpaired) electrons. The SMILES string of the molecule is NC(=S)C(=S)NCc1ccc(Cl)cc1. The van der Waals surface area contributed by atoms with E-state index in [1.54, 1.807) is 0 Å². The van der Waals surface area contributed by atoms with Crippen molar-refractivity contribution in [2.75, 3.05) is 0 Å².